The highest BCUT2D eigenvalue weighted by Crippen LogP contribution is 2.38. The maximum atomic E-state index is 13.9. The Bertz CT molecular complexity index is 1580. The third kappa shape index (κ3) is 3.09. The van der Waals surface area contributed by atoms with E-state index in [2.05, 4.69) is 15.1 Å². The maximum absolute atomic E-state index is 13.9. The summed E-state index contributed by atoms with van der Waals surface area (Å²) in [5.74, 6) is 0.856. The van der Waals surface area contributed by atoms with Gasteiger partial charge in [-0.2, -0.15) is 22.8 Å². The topological polar surface area (TPSA) is 77.2 Å². The van der Waals surface area contributed by atoms with Crippen molar-refractivity contribution >= 4 is 16.7 Å². The number of rotatable bonds is 3. The van der Waals surface area contributed by atoms with Gasteiger partial charge < -0.3 is 14.3 Å². The summed E-state index contributed by atoms with van der Waals surface area (Å²) in [6.45, 7) is 1.63. The lowest BCUT2D eigenvalue weighted by atomic mass is 10.1. The molecule has 0 saturated heterocycles. The Hall–Kier alpha value is -4.08. The number of hydrogen-bond acceptors (Lipinski definition) is 4. The first-order chi connectivity index (χ1) is 15.7. The predicted molar refractivity (Wildman–Crippen MR) is 117 cm³/mol. The van der Waals surface area contributed by atoms with Crippen molar-refractivity contribution in [2.45, 2.75) is 13.1 Å². The zero-order chi connectivity index (χ0) is 23.5. The number of methoxy groups -OCH3 is 1. The molecule has 0 spiro atoms. The van der Waals surface area contributed by atoms with Gasteiger partial charge in [0.05, 0.1) is 18.2 Å². The molecule has 0 saturated carbocycles. The minimum absolute atomic E-state index is 0.0314. The van der Waals surface area contributed by atoms with Crippen molar-refractivity contribution in [3.63, 3.8) is 0 Å². The number of imidazole rings is 1. The van der Waals surface area contributed by atoms with Crippen molar-refractivity contribution in [2.24, 2.45) is 7.05 Å². The first-order valence-electron chi connectivity index (χ1n) is 10.0. The number of halogens is 3. The van der Waals surface area contributed by atoms with Gasteiger partial charge in [-0.25, -0.2) is 4.98 Å². The Balaban J connectivity index is 1.86. The van der Waals surface area contributed by atoms with Gasteiger partial charge in [0.25, 0.3) is 5.56 Å². The summed E-state index contributed by atoms with van der Waals surface area (Å²) in [6.07, 6.45) is -4.75. The molecule has 5 aromatic rings. The molecule has 0 fully saturated rings. The van der Waals surface area contributed by atoms with Crippen molar-refractivity contribution < 1.29 is 17.9 Å². The van der Waals surface area contributed by atoms with E-state index in [1.54, 1.807) is 67.1 Å². The molecule has 0 bridgehead atoms. The summed E-state index contributed by atoms with van der Waals surface area (Å²) in [6, 6.07) is 13.4. The van der Waals surface area contributed by atoms with Crippen LogP contribution in [0.3, 0.4) is 0 Å². The van der Waals surface area contributed by atoms with Crippen LogP contribution in [-0.4, -0.2) is 31.3 Å². The van der Waals surface area contributed by atoms with Crippen LogP contribution in [0.2, 0.25) is 0 Å². The highest BCUT2D eigenvalue weighted by Gasteiger charge is 2.39. The van der Waals surface area contributed by atoms with E-state index in [-0.39, 0.29) is 16.8 Å². The summed E-state index contributed by atoms with van der Waals surface area (Å²) in [7, 11) is 3.25. The second kappa shape index (κ2) is 7.22. The second-order valence-electron chi connectivity index (χ2n) is 7.60. The monoisotopic (exact) mass is 453 g/mol. The highest BCUT2D eigenvalue weighted by molar-refractivity contribution is 5.87. The number of aromatic nitrogens is 5. The summed E-state index contributed by atoms with van der Waals surface area (Å²) < 4.78 is 49.5. The first-order valence-corrected chi connectivity index (χ1v) is 10.0. The van der Waals surface area contributed by atoms with E-state index in [0.717, 1.165) is 4.52 Å². The lowest BCUT2D eigenvalue weighted by Gasteiger charge is -2.09. The van der Waals surface area contributed by atoms with Gasteiger partial charge >= 0.3 is 6.18 Å². The highest BCUT2D eigenvalue weighted by atomic mass is 19.4. The molecule has 0 aliphatic rings. The van der Waals surface area contributed by atoms with Crippen molar-refractivity contribution in [3.05, 3.63) is 70.3 Å². The summed E-state index contributed by atoms with van der Waals surface area (Å²) in [4.78, 5) is 21.0. The Labute approximate surface area is 185 Å². The summed E-state index contributed by atoms with van der Waals surface area (Å²) in [5.41, 5.74) is 0.00144. The number of hydrogen-bond donors (Lipinski definition) is 1. The lowest BCUT2D eigenvalue weighted by molar-refractivity contribution is -0.140. The number of alkyl halides is 3. The lowest BCUT2D eigenvalue weighted by Crippen LogP contribution is -2.21. The Morgan fingerprint density at radius 3 is 2.42 bits per heavy atom. The van der Waals surface area contributed by atoms with Gasteiger partial charge in [-0.05, 0) is 24.6 Å². The molecule has 0 radical (unpaired) electrons. The fourth-order valence-electron chi connectivity index (χ4n) is 4.15. The van der Waals surface area contributed by atoms with Crippen LogP contribution in [0.1, 0.15) is 11.4 Å². The van der Waals surface area contributed by atoms with E-state index in [0.29, 0.717) is 33.9 Å². The van der Waals surface area contributed by atoms with Crippen molar-refractivity contribution in [2.75, 3.05) is 7.11 Å². The average molecular weight is 453 g/mol. The number of aryl methyl sites for hydroxylation is 2. The summed E-state index contributed by atoms with van der Waals surface area (Å²) in [5, 5.41) is 3.69. The zero-order valence-electron chi connectivity index (χ0n) is 17.9. The maximum Gasteiger partial charge on any atom is 0.435 e. The van der Waals surface area contributed by atoms with Gasteiger partial charge in [-0.3, -0.25) is 4.79 Å². The predicted octanol–water partition coefficient (Wildman–Crippen LogP) is 4.58. The van der Waals surface area contributed by atoms with Gasteiger partial charge in [0.15, 0.2) is 5.69 Å². The number of para-hydroxylation sites is 1. The molecule has 3 heterocycles. The van der Waals surface area contributed by atoms with E-state index in [1.165, 1.54) is 7.11 Å². The normalized spacial score (nSPS) is 12.1. The van der Waals surface area contributed by atoms with Crippen LogP contribution in [0, 0.1) is 6.92 Å². The molecule has 0 unspecified atom stereocenters. The minimum atomic E-state index is -4.75. The van der Waals surface area contributed by atoms with Gasteiger partial charge in [0, 0.05) is 12.7 Å². The molecule has 0 aliphatic carbocycles. The molecule has 0 amide bonds. The summed E-state index contributed by atoms with van der Waals surface area (Å²) >= 11 is 0. The third-order valence-electron chi connectivity index (χ3n) is 5.60. The minimum Gasteiger partial charge on any atom is -0.494 e. The second-order valence-corrected chi connectivity index (χ2v) is 7.60. The molecule has 168 valence electrons. The molecule has 33 heavy (non-hydrogen) atoms. The molecule has 7 nitrogen and oxygen atoms in total. The van der Waals surface area contributed by atoms with Crippen LogP contribution in [0.4, 0.5) is 13.2 Å². The van der Waals surface area contributed by atoms with Crippen LogP contribution in [0.5, 0.6) is 5.75 Å². The van der Waals surface area contributed by atoms with Crippen LogP contribution < -0.4 is 10.3 Å². The van der Waals surface area contributed by atoms with E-state index in [9.17, 15) is 18.0 Å². The zero-order valence-corrected chi connectivity index (χ0v) is 17.9. The smallest absolute Gasteiger partial charge is 0.435 e. The standard InChI is InChI=1S/C23H18F3N5O2/c1-12-16(20-28-14-10-7-11-15(33-3)18(14)30(20)2)22(32)31-21(27-12)17(13-8-5-4-6-9-13)19(29-31)23(24,25)26/h4-11,27H,1-3H3. The third-order valence-corrected chi connectivity index (χ3v) is 5.60. The number of nitrogens with zero attached hydrogens (tertiary/aromatic N) is 4. The molecule has 2 aromatic carbocycles. The van der Waals surface area contributed by atoms with Gasteiger partial charge in [0.2, 0.25) is 0 Å². The average Bonchev–Trinajstić information content (AvgIpc) is 3.33. The van der Waals surface area contributed by atoms with E-state index in [4.69, 9.17) is 4.74 Å². The quantitative estimate of drug-likeness (QED) is 0.434. The van der Waals surface area contributed by atoms with E-state index < -0.39 is 17.4 Å². The number of nitrogens with one attached hydrogen (secondary N) is 1. The first kappa shape index (κ1) is 20.8. The fourth-order valence-corrected chi connectivity index (χ4v) is 4.15. The number of aromatic amines is 1. The van der Waals surface area contributed by atoms with Crippen LogP contribution in [-0.2, 0) is 13.2 Å². The largest absolute Gasteiger partial charge is 0.494 e. The molecule has 5 rings (SSSR count). The Kier molecular flexibility index (Phi) is 4.55. The molecular formula is C23H18F3N5O2. The van der Waals surface area contributed by atoms with Crippen LogP contribution >= 0.6 is 0 Å². The fraction of sp³-hybridized carbons (Fsp3) is 0.174. The molecule has 1 N–H and O–H groups in total. The number of H-pyrrole nitrogens is 1. The number of benzene rings is 2. The van der Waals surface area contributed by atoms with E-state index in [1.807, 2.05) is 0 Å². The SMILES string of the molecule is COc1cccc2nc(-c3c(C)[nH]c4c(-c5ccccc5)c(C(F)(F)F)nn4c3=O)n(C)c12. The van der Waals surface area contributed by atoms with Gasteiger partial charge in [-0.1, -0.05) is 36.4 Å². The molecule has 10 heteroatoms. The van der Waals surface area contributed by atoms with Crippen molar-refractivity contribution in [3.8, 4) is 28.3 Å². The van der Waals surface area contributed by atoms with Gasteiger partial charge in [-0.15, -0.1) is 0 Å². The molecular weight excluding hydrogens is 435 g/mol. The van der Waals surface area contributed by atoms with Gasteiger partial charge in [0.1, 0.15) is 28.3 Å². The van der Waals surface area contributed by atoms with Crippen LogP contribution in [0.15, 0.2) is 53.3 Å². The molecule has 0 aliphatic heterocycles. The van der Waals surface area contributed by atoms with Crippen molar-refractivity contribution in [1.29, 1.82) is 0 Å². The molecule has 0 atom stereocenters. The Morgan fingerprint density at radius 2 is 1.76 bits per heavy atom. The number of fused-ring (bicyclic) bond motifs is 2. The number of ether oxygens (including phenoxy) is 1. The Morgan fingerprint density at radius 1 is 1.03 bits per heavy atom. The van der Waals surface area contributed by atoms with Crippen LogP contribution in [0.25, 0.3) is 39.2 Å². The van der Waals surface area contributed by atoms with Crippen molar-refractivity contribution in [1.82, 2.24) is 24.1 Å². The molecule has 3 aromatic heterocycles. The van der Waals surface area contributed by atoms with E-state index >= 15 is 0 Å².